The third kappa shape index (κ3) is 15.3. The summed E-state index contributed by atoms with van der Waals surface area (Å²) in [7, 11) is 0. The minimum Gasteiger partial charge on any atom is -0.507 e. The van der Waals surface area contributed by atoms with Gasteiger partial charge in [0.25, 0.3) is 0 Å². The molecule has 6 rings (SSSR count). The quantitative estimate of drug-likeness (QED) is 0.0176. The molecule has 3 aromatic carbocycles. The van der Waals surface area contributed by atoms with E-state index >= 15 is 0 Å². The number of phenols is 1. The normalized spacial score (nSPS) is 18.3. The van der Waals surface area contributed by atoms with Crippen molar-refractivity contribution in [2.24, 2.45) is 17.6 Å². The van der Waals surface area contributed by atoms with Crippen LogP contribution in [-0.4, -0.2) is 116 Å². The Hall–Kier alpha value is -8.18. The van der Waals surface area contributed by atoms with Crippen LogP contribution in [0.1, 0.15) is 127 Å². The van der Waals surface area contributed by atoms with Gasteiger partial charge in [0.05, 0.1) is 34.2 Å². The lowest BCUT2D eigenvalue weighted by molar-refractivity contribution is -0.138. The van der Waals surface area contributed by atoms with Gasteiger partial charge in [0.2, 0.25) is 29.5 Å². The van der Waals surface area contributed by atoms with Crippen LogP contribution >= 0.6 is 12.6 Å². The fraction of sp³-hybridized carbons (Fsp3) is 0.411. The number of ketones is 2. The SMILES string of the molecule is CC(C)[C@H](NC(=O)CCCCCN1C(=O)CC(S)C1=O)C(=O)N[C@@H](CCCNC(N)=O)C(=O)Nc1ccc(COC(=O)NCc2ccc3c(c2)C(=O)c2c(O)cc4c(c2C3=O)N[C@H](C(C)[C@@H](C)O)C#C/C=C\C#C[C@H]4O)cc1. The van der Waals surface area contributed by atoms with Gasteiger partial charge in [-0.2, -0.15) is 12.6 Å². The molecule has 2 unspecified atom stereocenters. The van der Waals surface area contributed by atoms with Crippen LogP contribution in [0.2, 0.25) is 0 Å². The van der Waals surface area contributed by atoms with E-state index in [1.807, 2.05) is 0 Å². The molecule has 3 aliphatic rings. The summed E-state index contributed by atoms with van der Waals surface area (Å²) in [5, 5.41) is 48.6. The predicted octanol–water partition coefficient (Wildman–Crippen LogP) is 3.63. The number of likely N-dealkylation sites (tertiary alicyclic amines) is 1. The molecule has 0 radical (unpaired) electrons. The number of allylic oxidation sites excluding steroid dienone is 2. The summed E-state index contributed by atoms with van der Waals surface area (Å²) in [6, 6.07) is 8.28. The Morgan fingerprint density at radius 3 is 2.21 bits per heavy atom. The molecule has 0 aromatic heterocycles. The zero-order valence-electron chi connectivity index (χ0n) is 43.6. The molecule has 1 aliphatic carbocycles. The average Bonchev–Trinajstić information content (AvgIpc) is 3.79. The summed E-state index contributed by atoms with van der Waals surface area (Å²) in [5.41, 5.74) is 6.07. The molecule has 21 nitrogen and oxygen atoms in total. The molecule has 78 heavy (non-hydrogen) atoms. The molecule has 7 atom stereocenters. The Bertz CT molecular complexity index is 2990. The van der Waals surface area contributed by atoms with Crippen molar-refractivity contribution in [1.82, 2.24) is 26.2 Å². The number of anilines is 2. The van der Waals surface area contributed by atoms with Crippen molar-refractivity contribution in [3.8, 4) is 29.4 Å². The van der Waals surface area contributed by atoms with Gasteiger partial charge in [-0.25, -0.2) is 9.59 Å². The Balaban J connectivity index is 1.03. The topological polar surface area (TPSA) is 325 Å². The number of primary amides is 1. The Morgan fingerprint density at radius 2 is 1.54 bits per heavy atom. The van der Waals surface area contributed by atoms with Gasteiger partial charge in [0.15, 0.2) is 11.6 Å². The summed E-state index contributed by atoms with van der Waals surface area (Å²) in [6.07, 6.45) is 1.78. The predicted molar refractivity (Wildman–Crippen MR) is 290 cm³/mol. The number of urea groups is 1. The van der Waals surface area contributed by atoms with Crippen LogP contribution in [0.4, 0.5) is 21.0 Å². The summed E-state index contributed by atoms with van der Waals surface area (Å²) in [4.78, 5) is 118. The van der Waals surface area contributed by atoms with E-state index in [-0.39, 0.29) is 109 Å². The highest BCUT2D eigenvalue weighted by Gasteiger charge is 2.39. The van der Waals surface area contributed by atoms with E-state index < -0.39 is 82.8 Å². The third-order valence-electron chi connectivity index (χ3n) is 13.4. The van der Waals surface area contributed by atoms with Gasteiger partial charge in [0, 0.05) is 60.8 Å². The lowest BCUT2D eigenvalue weighted by atomic mass is 9.80. The lowest BCUT2D eigenvalue weighted by Crippen LogP contribution is -2.54. The summed E-state index contributed by atoms with van der Waals surface area (Å²) >= 11 is 4.13. The largest absolute Gasteiger partial charge is 0.507 e. The molecule has 1 fully saturated rings. The van der Waals surface area contributed by atoms with Crippen LogP contribution in [0.25, 0.3) is 0 Å². The highest BCUT2D eigenvalue weighted by molar-refractivity contribution is 7.81. The van der Waals surface area contributed by atoms with Crippen molar-refractivity contribution >= 4 is 77.2 Å². The zero-order chi connectivity index (χ0) is 56.8. The van der Waals surface area contributed by atoms with E-state index in [2.05, 4.69) is 68.2 Å². The molecule has 3 aromatic rings. The fourth-order valence-electron chi connectivity index (χ4n) is 8.78. The smallest absolute Gasteiger partial charge is 0.407 e. The number of rotatable bonds is 22. The third-order valence-corrected chi connectivity index (χ3v) is 13.8. The van der Waals surface area contributed by atoms with Gasteiger partial charge in [-0.1, -0.05) is 69.1 Å². The average molecular weight is 1090 g/mol. The van der Waals surface area contributed by atoms with Crippen LogP contribution in [0.15, 0.2) is 60.7 Å². The number of hydrogen-bond donors (Lipinski definition) is 11. The fourth-order valence-corrected chi connectivity index (χ4v) is 9.08. The number of thiol groups is 1. The standard InChI is InChI=1S/C56H64N8O13S/c1-30(2)48(63-44(68)16-10-7-11-24-64-45(69)27-43(78)54(64)74)53(73)62-40(14-12-23-58-55(57)75)52(72)60-35-20-17-33(18-21-35)29-77-56(76)59-28-34-19-22-36-37(25-34)51(71)46-42(67)26-38-41(66)15-9-6-5-8-13-39(31(3)32(4)65)61-49(38)47(46)50(36)70/h5-6,17-22,25-26,30-32,39-41,43,48,61,65-67,78H,7,10-12,14,16,23-24,27-29H2,1-4H3,(H,59,76)(H,60,72)(H,62,73)(H,63,68)(H3,57,58,75)/b6-5-/t31?,32-,39+,40+,41-,43?,48+/m1/s1. The molecule has 2 aliphatic heterocycles. The van der Waals surface area contributed by atoms with Gasteiger partial charge in [-0.15, -0.1) is 0 Å². The lowest BCUT2D eigenvalue weighted by Gasteiger charge is -2.29. The second-order valence-corrected chi connectivity index (χ2v) is 20.1. The van der Waals surface area contributed by atoms with Crippen molar-refractivity contribution in [2.75, 3.05) is 23.7 Å². The minimum atomic E-state index is -1.49. The van der Waals surface area contributed by atoms with Crippen molar-refractivity contribution in [3.63, 3.8) is 0 Å². The number of ether oxygens (including phenoxy) is 1. The first-order valence-corrected chi connectivity index (χ1v) is 26.0. The molecule has 1 saturated heterocycles. The van der Waals surface area contributed by atoms with Crippen molar-refractivity contribution in [2.45, 2.75) is 121 Å². The highest BCUT2D eigenvalue weighted by atomic mass is 32.1. The second kappa shape index (κ2) is 27.2. The maximum Gasteiger partial charge on any atom is 0.407 e. The van der Waals surface area contributed by atoms with E-state index in [0.717, 1.165) is 0 Å². The number of fused-ring (bicyclic) bond motifs is 4. The number of unbranched alkanes of at least 4 members (excludes halogenated alkanes) is 2. The van der Waals surface area contributed by atoms with Crippen molar-refractivity contribution < 1.29 is 63.2 Å². The molecule has 0 spiro atoms. The Kier molecular flexibility index (Phi) is 20.6. The first kappa shape index (κ1) is 59.1. The maximum absolute atomic E-state index is 14.3. The molecule has 2 heterocycles. The molecule has 0 bridgehead atoms. The first-order chi connectivity index (χ1) is 37.1. The second-order valence-electron chi connectivity index (χ2n) is 19.5. The van der Waals surface area contributed by atoms with Crippen molar-refractivity contribution in [1.29, 1.82) is 0 Å². The Labute approximate surface area is 456 Å². The van der Waals surface area contributed by atoms with E-state index in [1.165, 1.54) is 35.3 Å². The van der Waals surface area contributed by atoms with Crippen LogP contribution in [-0.2, 0) is 41.9 Å². The van der Waals surface area contributed by atoms with Crippen LogP contribution in [0.5, 0.6) is 5.75 Å². The first-order valence-electron chi connectivity index (χ1n) is 25.5. The van der Waals surface area contributed by atoms with E-state index in [1.54, 1.807) is 58.0 Å². The number of benzene rings is 3. The minimum absolute atomic E-state index is 0.0113. The van der Waals surface area contributed by atoms with Gasteiger partial charge < -0.3 is 57.7 Å². The van der Waals surface area contributed by atoms with Gasteiger partial charge in [-0.3, -0.25) is 38.5 Å². The van der Waals surface area contributed by atoms with E-state index in [9.17, 15) is 58.5 Å². The highest BCUT2D eigenvalue weighted by Crippen LogP contribution is 2.42. The maximum atomic E-state index is 14.3. The molecular weight excluding hydrogens is 1020 g/mol. The van der Waals surface area contributed by atoms with Crippen molar-refractivity contribution in [3.05, 3.63) is 99.6 Å². The summed E-state index contributed by atoms with van der Waals surface area (Å²) in [6.45, 7) is 6.87. The number of carbonyl (C=O) groups is 9. The molecular formula is C56H64N8O13S. The monoisotopic (exact) mass is 1090 g/mol. The van der Waals surface area contributed by atoms with Gasteiger partial charge >= 0.3 is 12.1 Å². The summed E-state index contributed by atoms with van der Waals surface area (Å²) in [5.74, 6) is 6.25. The number of imide groups is 1. The van der Waals surface area contributed by atoms with Crippen LogP contribution in [0, 0.1) is 35.5 Å². The number of nitrogens with two attached hydrogens (primary N) is 1. The van der Waals surface area contributed by atoms with Crippen LogP contribution < -0.4 is 37.6 Å². The Morgan fingerprint density at radius 1 is 0.846 bits per heavy atom. The molecule has 11 N–H and O–H groups in total. The summed E-state index contributed by atoms with van der Waals surface area (Å²) < 4.78 is 5.41. The van der Waals surface area contributed by atoms with Gasteiger partial charge in [0.1, 0.15) is 30.5 Å². The van der Waals surface area contributed by atoms with Crippen LogP contribution in [0.3, 0.4) is 0 Å². The number of carbonyl (C=O) groups excluding carboxylic acids is 9. The van der Waals surface area contributed by atoms with E-state index in [0.29, 0.717) is 36.1 Å². The molecule has 412 valence electrons. The molecule has 0 saturated carbocycles. The number of nitrogens with zero attached hydrogens (tertiary/aromatic N) is 1. The zero-order valence-corrected chi connectivity index (χ0v) is 44.5. The number of aliphatic hydroxyl groups is 2. The molecule has 8 amide bonds. The number of phenolic OH excluding ortho intramolecular Hbond substituents is 1. The number of nitrogens with one attached hydrogen (secondary N) is 6. The number of aliphatic hydroxyl groups excluding tert-OH is 2. The number of hydrogen-bond acceptors (Lipinski definition) is 15. The van der Waals surface area contributed by atoms with E-state index in [4.69, 9.17) is 10.5 Å². The molecule has 22 heteroatoms. The number of amides is 8. The van der Waals surface area contributed by atoms with Gasteiger partial charge in [-0.05, 0) is 92.1 Å². The number of aromatic hydroxyl groups is 1. The number of alkyl carbamates (subject to hydrolysis) is 1.